The SMILES string of the molecule is C[N+]1(c2ccc([N+](=O)[O-])cc2Cl)CCNCC1. The summed E-state index contributed by atoms with van der Waals surface area (Å²) >= 11 is 6.16. The highest BCUT2D eigenvalue weighted by molar-refractivity contribution is 6.33. The highest BCUT2D eigenvalue weighted by Gasteiger charge is 2.30. The Morgan fingerprint density at radius 2 is 2.06 bits per heavy atom. The molecule has 1 saturated heterocycles. The fourth-order valence-electron chi connectivity index (χ4n) is 2.18. The Morgan fingerprint density at radius 1 is 1.41 bits per heavy atom. The van der Waals surface area contributed by atoms with Gasteiger partial charge in [-0.3, -0.25) is 14.6 Å². The molecule has 92 valence electrons. The molecule has 0 atom stereocenters. The molecule has 0 unspecified atom stereocenters. The summed E-state index contributed by atoms with van der Waals surface area (Å²) in [7, 11) is 2.11. The van der Waals surface area contributed by atoms with E-state index in [0.29, 0.717) is 5.02 Å². The van der Waals surface area contributed by atoms with Gasteiger partial charge in [0, 0.05) is 31.3 Å². The molecular weight excluding hydrogens is 242 g/mol. The second-order valence-corrected chi connectivity index (χ2v) is 4.89. The lowest BCUT2D eigenvalue weighted by molar-refractivity contribution is -0.384. The molecule has 0 amide bonds. The van der Waals surface area contributed by atoms with Crippen molar-refractivity contribution in [2.45, 2.75) is 0 Å². The largest absolute Gasteiger partial charge is 0.306 e. The lowest BCUT2D eigenvalue weighted by atomic mass is 10.2. The maximum Gasteiger partial charge on any atom is 0.271 e. The van der Waals surface area contributed by atoms with Gasteiger partial charge in [-0.1, -0.05) is 11.6 Å². The van der Waals surface area contributed by atoms with E-state index in [2.05, 4.69) is 12.4 Å². The van der Waals surface area contributed by atoms with Gasteiger partial charge >= 0.3 is 0 Å². The number of nitro groups is 1. The van der Waals surface area contributed by atoms with Crippen molar-refractivity contribution in [3.05, 3.63) is 33.3 Å². The molecule has 0 aromatic heterocycles. The molecule has 1 heterocycles. The first-order valence-corrected chi connectivity index (χ1v) is 5.90. The Hall–Kier alpha value is -1.17. The molecule has 1 fully saturated rings. The Morgan fingerprint density at radius 3 is 2.59 bits per heavy atom. The summed E-state index contributed by atoms with van der Waals surface area (Å²) < 4.78 is 0.726. The molecule has 0 aliphatic carbocycles. The normalized spacial score (nSPS) is 18.9. The molecule has 0 saturated carbocycles. The molecule has 0 radical (unpaired) electrons. The van der Waals surface area contributed by atoms with Crippen LogP contribution in [0.15, 0.2) is 18.2 Å². The van der Waals surface area contributed by atoms with E-state index in [1.54, 1.807) is 6.07 Å². The van der Waals surface area contributed by atoms with Crippen molar-refractivity contribution >= 4 is 23.0 Å². The predicted molar refractivity (Wildman–Crippen MR) is 68.4 cm³/mol. The monoisotopic (exact) mass is 256 g/mol. The van der Waals surface area contributed by atoms with Crippen molar-refractivity contribution in [2.75, 3.05) is 33.2 Å². The summed E-state index contributed by atoms with van der Waals surface area (Å²) in [6.45, 7) is 3.75. The molecule has 1 aliphatic rings. The first-order chi connectivity index (χ1) is 8.03. The molecule has 1 N–H and O–H groups in total. The number of quaternary nitrogens is 1. The minimum Gasteiger partial charge on any atom is -0.306 e. The van der Waals surface area contributed by atoms with Gasteiger partial charge in [0.25, 0.3) is 5.69 Å². The van der Waals surface area contributed by atoms with Gasteiger partial charge in [-0.15, -0.1) is 0 Å². The maximum absolute atomic E-state index is 10.7. The summed E-state index contributed by atoms with van der Waals surface area (Å²) in [5.74, 6) is 0. The number of halogens is 1. The van der Waals surface area contributed by atoms with Crippen molar-refractivity contribution in [1.82, 2.24) is 9.80 Å². The minimum atomic E-state index is -0.423. The third-order valence-electron chi connectivity index (χ3n) is 3.29. The zero-order chi connectivity index (χ0) is 12.5. The van der Waals surface area contributed by atoms with E-state index in [1.165, 1.54) is 12.1 Å². The first-order valence-electron chi connectivity index (χ1n) is 5.53. The van der Waals surface area contributed by atoms with E-state index >= 15 is 0 Å². The van der Waals surface area contributed by atoms with Gasteiger partial charge in [-0.2, -0.15) is 0 Å². The van der Waals surface area contributed by atoms with E-state index in [4.69, 9.17) is 11.6 Å². The summed E-state index contributed by atoms with van der Waals surface area (Å²) in [5, 5.41) is 14.4. The number of piperazine rings is 1. The predicted octanol–water partition coefficient (Wildman–Crippen LogP) is 1.79. The summed E-state index contributed by atoms with van der Waals surface area (Å²) in [4.78, 5) is 10.2. The lowest BCUT2D eigenvalue weighted by Crippen LogP contribution is -2.57. The fourth-order valence-corrected chi connectivity index (χ4v) is 2.56. The highest BCUT2D eigenvalue weighted by Crippen LogP contribution is 2.33. The second-order valence-electron chi connectivity index (χ2n) is 4.49. The zero-order valence-corrected chi connectivity index (χ0v) is 10.4. The van der Waals surface area contributed by atoms with Crippen molar-refractivity contribution in [1.29, 1.82) is 0 Å². The van der Waals surface area contributed by atoms with Crippen LogP contribution in [0.25, 0.3) is 0 Å². The minimum absolute atomic E-state index is 0.0421. The molecule has 1 aromatic rings. The Balaban J connectivity index is 2.35. The van der Waals surface area contributed by atoms with Crippen LogP contribution in [0, 0.1) is 10.1 Å². The number of hydrogen-bond donors (Lipinski definition) is 1. The standard InChI is InChI=1S/C11H15ClN3O2/c1-15(6-4-13-5-7-15)11-3-2-9(14(16)17)8-10(11)12/h2-3,8,13H,4-7H2,1H3/q+1. The second kappa shape index (κ2) is 4.60. The summed E-state index contributed by atoms with van der Waals surface area (Å²) in [5.41, 5.74) is 0.999. The van der Waals surface area contributed by atoms with Crippen molar-refractivity contribution < 1.29 is 4.92 Å². The van der Waals surface area contributed by atoms with Crippen LogP contribution in [0.4, 0.5) is 11.4 Å². The molecule has 2 rings (SSSR count). The molecule has 1 aromatic carbocycles. The van der Waals surface area contributed by atoms with Gasteiger partial charge in [-0.05, 0) is 0 Å². The van der Waals surface area contributed by atoms with Gasteiger partial charge in [0.1, 0.15) is 5.02 Å². The van der Waals surface area contributed by atoms with Crippen molar-refractivity contribution in [2.24, 2.45) is 0 Å². The highest BCUT2D eigenvalue weighted by atomic mass is 35.5. The first kappa shape index (κ1) is 12.3. The Kier molecular flexibility index (Phi) is 3.33. The average molecular weight is 257 g/mol. The number of nitrogens with one attached hydrogen (secondary N) is 1. The van der Waals surface area contributed by atoms with Gasteiger partial charge < -0.3 is 5.32 Å². The van der Waals surface area contributed by atoms with E-state index in [1.807, 2.05) is 0 Å². The average Bonchev–Trinajstić information content (AvgIpc) is 2.29. The van der Waals surface area contributed by atoms with Crippen LogP contribution in [0.2, 0.25) is 5.02 Å². The molecule has 0 bridgehead atoms. The number of rotatable bonds is 2. The Labute approximate surface area is 105 Å². The lowest BCUT2D eigenvalue weighted by Gasteiger charge is -2.37. The van der Waals surface area contributed by atoms with E-state index < -0.39 is 4.92 Å². The van der Waals surface area contributed by atoms with Gasteiger partial charge in [0.05, 0.1) is 25.1 Å². The number of nitrogens with zero attached hydrogens (tertiary/aromatic N) is 2. The van der Waals surface area contributed by atoms with Crippen LogP contribution in [-0.2, 0) is 0 Å². The molecular formula is C11H15ClN3O2+. The summed E-state index contributed by atoms with van der Waals surface area (Å²) in [6, 6.07) is 4.72. The zero-order valence-electron chi connectivity index (χ0n) is 9.65. The number of hydrogen-bond acceptors (Lipinski definition) is 3. The van der Waals surface area contributed by atoms with E-state index in [9.17, 15) is 10.1 Å². The topological polar surface area (TPSA) is 55.2 Å². The number of likely N-dealkylation sites (N-methyl/N-ethyl adjacent to an activating group) is 1. The molecule has 1 aliphatic heterocycles. The maximum atomic E-state index is 10.7. The quantitative estimate of drug-likeness (QED) is 0.499. The molecule has 17 heavy (non-hydrogen) atoms. The van der Waals surface area contributed by atoms with Crippen LogP contribution in [0.5, 0.6) is 0 Å². The van der Waals surface area contributed by atoms with Gasteiger partial charge in [-0.25, -0.2) is 0 Å². The third kappa shape index (κ3) is 2.41. The fraction of sp³-hybridized carbons (Fsp3) is 0.455. The number of non-ortho nitro benzene ring substituents is 1. The van der Waals surface area contributed by atoms with Crippen LogP contribution in [-0.4, -0.2) is 38.2 Å². The van der Waals surface area contributed by atoms with E-state index in [0.717, 1.165) is 36.3 Å². The summed E-state index contributed by atoms with van der Waals surface area (Å²) in [6.07, 6.45) is 0. The molecule has 6 heteroatoms. The van der Waals surface area contributed by atoms with Crippen molar-refractivity contribution in [3.63, 3.8) is 0 Å². The van der Waals surface area contributed by atoms with Gasteiger partial charge in [0.2, 0.25) is 0 Å². The van der Waals surface area contributed by atoms with Crippen LogP contribution < -0.4 is 9.80 Å². The number of benzene rings is 1. The van der Waals surface area contributed by atoms with Gasteiger partial charge in [0.15, 0.2) is 5.69 Å². The van der Waals surface area contributed by atoms with E-state index in [-0.39, 0.29) is 5.69 Å². The number of nitro benzene ring substituents is 1. The van der Waals surface area contributed by atoms with Crippen molar-refractivity contribution in [3.8, 4) is 0 Å². The van der Waals surface area contributed by atoms with Crippen LogP contribution in [0.3, 0.4) is 0 Å². The third-order valence-corrected chi connectivity index (χ3v) is 3.59. The Bertz CT molecular complexity index is 444. The smallest absolute Gasteiger partial charge is 0.271 e. The van der Waals surface area contributed by atoms with Crippen LogP contribution in [0.1, 0.15) is 0 Å². The van der Waals surface area contributed by atoms with Crippen LogP contribution >= 0.6 is 11.6 Å². The molecule has 5 nitrogen and oxygen atoms in total. The molecule has 0 spiro atoms.